The first kappa shape index (κ1) is 48.8. The van der Waals surface area contributed by atoms with E-state index in [4.69, 9.17) is 30.5 Å². The minimum absolute atomic E-state index is 0.0268. The summed E-state index contributed by atoms with van der Waals surface area (Å²) in [6.07, 6.45) is 0.222. The van der Waals surface area contributed by atoms with E-state index in [2.05, 4.69) is 55.0 Å². The van der Waals surface area contributed by atoms with Crippen molar-refractivity contribution in [1.82, 2.24) is 19.1 Å². The average Bonchev–Trinajstić information content (AvgIpc) is 3.72. The van der Waals surface area contributed by atoms with E-state index in [0.29, 0.717) is 27.5 Å². The third-order valence-electron chi connectivity index (χ3n) is 7.42. The molecule has 0 radical (unpaired) electrons. The van der Waals surface area contributed by atoms with Crippen LogP contribution in [0.5, 0.6) is 0 Å². The second kappa shape index (κ2) is 19.9. The summed E-state index contributed by atoms with van der Waals surface area (Å²) >= 11 is 8.25. The van der Waals surface area contributed by atoms with Gasteiger partial charge in [-0.05, 0) is 136 Å². The van der Waals surface area contributed by atoms with Crippen molar-refractivity contribution in [3.05, 3.63) is 105 Å². The summed E-state index contributed by atoms with van der Waals surface area (Å²) in [5.41, 5.74) is 0.887. The van der Waals surface area contributed by atoms with Crippen molar-refractivity contribution in [2.45, 2.75) is 105 Å². The van der Waals surface area contributed by atoms with Gasteiger partial charge in [-0.3, -0.25) is 10.6 Å². The number of nitrogens with zero attached hydrogens (tertiary/aromatic N) is 4. The number of anilines is 2. The van der Waals surface area contributed by atoms with E-state index in [0.717, 1.165) is 14.7 Å². The molecule has 2 N–H and O–H groups in total. The molecule has 0 saturated heterocycles. The molecular weight excluding hydrogens is 927 g/mol. The van der Waals surface area contributed by atoms with E-state index < -0.39 is 46.8 Å². The Bertz CT molecular complexity index is 2490. The molecule has 0 unspecified atom stereocenters. The largest absolute Gasteiger partial charge is 0.444 e. The molecule has 5 aromatic rings. The van der Waals surface area contributed by atoms with Crippen LogP contribution in [0.3, 0.4) is 0 Å². The minimum Gasteiger partial charge on any atom is -0.444 e. The van der Waals surface area contributed by atoms with Gasteiger partial charge in [-0.25, -0.2) is 38.3 Å². The van der Waals surface area contributed by atoms with Crippen molar-refractivity contribution in [2.75, 3.05) is 10.6 Å². The van der Waals surface area contributed by atoms with Crippen LogP contribution in [0.15, 0.2) is 85.2 Å². The second-order valence-corrected chi connectivity index (χ2v) is 19.2. The highest BCUT2D eigenvalue weighted by Gasteiger charge is 2.29. The van der Waals surface area contributed by atoms with Crippen LogP contribution in [0.4, 0.5) is 31.1 Å². The molecule has 0 spiro atoms. The Balaban J connectivity index is 0.000000282. The van der Waals surface area contributed by atoms with Gasteiger partial charge in [0.15, 0.2) is 0 Å². The van der Waals surface area contributed by atoms with Crippen LogP contribution in [0, 0.1) is 15.4 Å². The number of rotatable bonds is 4. The van der Waals surface area contributed by atoms with Crippen molar-refractivity contribution in [2.24, 2.45) is 0 Å². The number of benzene rings is 3. The zero-order chi connectivity index (χ0) is 46.2. The second-order valence-electron chi connectivity index (χ2n) is 17.6. The van der Waals surface area contributed by atoms with E-state index in [1.54, 1.807) is 95.2 Å². The number of halogens is 2. The van der Waals surface area contributed by atoms with Crippen molar-refractivity contribution in [1.29, 1.82) is 0 Å². The lowest BCUT2D eigenvalue weighted by Crippen LogP contribution is -2.31. The highest BCUT2D eigenvalue weighted by Crippen LogP contribution is 2.30. The van der Waals surface area contributed by atoms with E-state index >= 15 is 0 Å². The van der Waals surface area contributed by atoms with Crippen LogP contribution >= 0.6 is 34.2 Å². The van der Waals surface area contributed by atoms with Crippen molar-refractivity contribution >= 4 is 70.5 Å². The molecule has 328 valence electrons. The maximum atomic E-state index is 13.2. The van der Waals surface area contributed by atoms with Gasteiger partial charge in [-0.1, -0.05) is 65.9 Å². The van der Waals surface area contributed by atoms with Crippen LogP contribution in [-0.2, 0) is 18.9 Å². The third kappa shape index (κ3) is 14.9. The fourth-order valence-corrected chi connectivity index (χ4v) is 6.08. The zero-order valence-corrected chi connectivity index (χ0v) is 39.8. The Morgan fingerprint density at radius 2 is 1.02 bits per heavy atom. The van der Waals surface area contributed by atoms with Gasteiger partial charge in [-0.2, -0.15) is 0 Å². The smallest absolute Gasteiger partial charge is 0.421 e. The van der Waals surface area contributed by atoms with E-state index in [1.165, 1.54) is 21.5 Å². The lowest BCUT2D eigenvalue weighted by atomic mass is 10.0. The standard InChI is InChI=1S/C27H28ClN3O4.C19H24IN3O4/c1-26(2,3)34-24(32)30-23-29-17-22(31(23)25(33)35-27(4,5)6)21-13-8-7-11-19(21)15-14-18-10-9-12-20(28)16-18;1-18(2,3)26-16(24)22-15-21-11-14(12-9-7-8-10-13(12)20)23(15)17(25)27-19(4,5)6/h7-13,16-17H,1-6H3,(H,29,30,32);7-11H,1-6H3,(H,21,22,24). The molecular formula is C46H52ClIN6O8. The molecule has 3 aromatic carbocycles. The van der Waals surface area contributed by atoms with Gasteiger partial charge in [-0.15, -0.1) is 0 Å². The number of hydrogen-bond donors (Lipinski definition) is 2. The number of imidazole rings is 2. The zero-order valence-electron chi connectivity index (χ0n) is 36.9. The summed E-state index contributed by atoms with van der Waals surface area (Å²) in [6, 6.07) is 22.1. The minimum atomic E-state index is -0.770. The monoisotopic (exact) mass is 978 g/mol. The third-order valence-corrected chi connectivity index (χ3v) is 8.60. The first-order valence-corrected chi connectivity index (χ1v) is 20.9. The fourth-order valence-electron chi connectivity index (χ4n) is 5.22. The van der Waals surface area contributed by atoms with E-state index in [9.17, 15) is 19.2 Å². The first-order valence-electron chi connectivity index (χ1n) is 19.4. The Hall–Kier alpha value is -5.86. The molecule has 0 aliphatic carbocycles. The molecule has 0 atom stereocenters. The summed E-state index contributed by atoms with van der Waals surface area (Å²) < 4.78 is 25.1. The number of nitrogens with one attached hydrogen (secondary N) is 2. The summed E-state index contributed by atoms with van der Waals surface area (Å²) in [6.45, 7) is 21.1. The highest BCUT2D eigenvalue weighted by atomic mass is 127. The SMILES string of the molecule is CC(C)(C)OC(=O)Nc1ncc(-c2ccccc2C#Cc2cccc(Cl)c2)n1C(=O)OC(C)(C)C.CC(C)(C)OC(=O)Nc1ncc(-c2ccccc2I)n1C(=O)OC(C)(C)C. The number of amides is 2. The Morgan fingerprint density at radius 1 is 0.581 bits per heavy atom. The van der Waals surface area contributed by atoms with Crippen LogP contribution in [0.2, 0.25) is 5.02 Å². The molecule has 62 heavy (non-hydrogen) atoms. The van der Waals surface area contributed by atoms with Crippen molar-refractivity contribution < 1.29 is 38.1 Å². The van der Waals surface area contributed by atoms with Crippen molar-refractivity contribution in [3.8, 4) is 34.4 Å². The van der Waals surface area contributed by atoms with Gasteiger partial charge in [0.25, 0.3) is 0 Å². The lowest BCUT2D eigenvalue weighted by Gasteiger charge is -2.22. The van der Waals surface area contributed by atoms with E-state index in [1.807, 2.05) is 60.7 Å². The summed E-state index contributed by atoms with van der Waals surface area (Å²) in [7, 11) is 0. The Kier molecular flexibility index (Phi) is 15.7. The number of ether oxygens (including phenoxy) is 4. The van der Waals surface area contributed by atoms with Crippen LogP contribution in [0.1, 0.15) is 94.2 Å². The number of hydrogen-bond acceptors (Lipinski definition) is 10. The molecule has 0 aliphatic rings. The van der Waals surface area contributed by atoms with Gasteiger partial charge in [0.2, 0.25) is 11.9 Å². The van der Waals surface area contributed by atoms with Gasteiger partial charge in [0.1, 0.15) is 22.4 Å². The maximum Gasteiger partial charge on any atom is 0.421 e. The van der Waals surface area contributed by atoms with Crippen LogP contribution in [-0.4, -0.2) is 65.9 Å². The highest BCUT2D eigenvalue weighted by molar-refractivity contribution is 14.1. The fraction of sp³-hybridized carbons (Fsp3) is 0.348. The summed E-state index contributed by atoms with van der Waals surface area (Å²) in [4.78, 5) is 59.1. The van der Waals surface area contributed by atoms with Crippen molar-refractivity contribution in [3.63, 3.8) is 0 Å². The Labute approximate surface area is 381 Å². The summed E-state index contributed by atoms with van der Waals surface area (Å²) in [5.74, 6) is 6.24. The topological polar surface area (TPSA) is 165 Å². The van der Waals surface area contributed by atoms with E-state index in [-0.39, 0.29) is 11.9 Å². The molecule has 0 aliphatic heterocycles. The molecule has 2 aromatic heterocycles. The number of carbonyl (C=O) groups is 4. The van der Waals surface area contributed by atoms with Gasteiger partial charge in [0, 0.05) is 30.8 Å². The molecule has 2 heterocycles. The maximum absolute atomic E-state index is 13.2. The predicted molar refractivity (Wildman–Crippen MR) is 248 cm³/mol. The predicted octanol–water partition coefficient (Wildman–Crippen LogP) is 12.0. The number of carbonyl (C=O) groups excluding carboxylic acids is 4. The van der Waals surface area contributed by atoms with Gasteiger partial charge in [0.05, 0.1) is 23.8 Å². The summed E-state index contributed by atoms with van der Waals surface area (Å²) in [5, 5.41) is 5.67. The molecule has 5 rings (SSSR count). The van der Waals surface area contributed by atoms with Crippen LogP contribution < -0.4 is 10.6 Å². The lowest BCUT2D eigenvalue weighted by molar-refractivity contribution is 0.0526. The quantitative estimate of drug-likeness (QED) is 0.101. The van der Waals surface area contributed by atoms with Gasteiger partial charge >= 0.3 is 24.4 Å². The van der Waals surface area contributed by atoms with Gasteiger partial charge < -0.3 is 18.9 Å². The Morgan fingerprint density at radius 3 is 1.47 bits per heavy atom. The molecule has 16 heteroatoms. The average molecular weight is 979 g/mol. The molecule has 14 nitrogen and oxygen atoms in total. The number of aromatic nitrogens is 4. The molecule has 0 bridgehead atoms. The molecule has 0 saturated carbocycles. The first-order chi connectivity index (χ1) is 28.7. The van der Waals surface area contributed by atoms with Crippen LogP contribution in [0.25, 0.3) is 22.5 Å². The normalized spacial score (nSPS) is 11.5. The molecule has 0 fully saturated rings. The molecule has 2 amide bonds.